The summed E-state index contributed by atoms with van der Waals surface area (Å²) in [7, 11) is 0. The maximum absolute atomic E-state index is 12.5. The normalized spacial score (nSPS) is 16.2. The Kier molecular flexibility index (Phi) is 7.63. The highest BCUT2D eigenvalue weighted by Crippen LogP contribution is 2.16. The van der Waals surface area contributed by atoms with Crippen LogP contribution in [0.25, 0.3) is 0 Å². The number of carbonyl (C=O) groups excluding carboxylic acids is 1. The molecule has 1 saturated heterocycles. The van der Waals surface area contributed by atoms with Crippen LogP contribution in [0.3, 0.4) is 0 Å². The summed E-state index contributed by atoms with van der Waals surface area (Å²) in [6, 6.07) is 6.17. The molecule has 1 amide bonds. The fraction of sp³-hybridized carbons (Fsp3) is 0.474. The van der Waals surface area contributed by atoms with Crippen molar-refractivity contribution in [2.75, 3.05) is 13.2 Å². The van der Waals surface area contributed by atoms with Gasteiger partial charge in [0.2, 0.25) is 0 Å². The Morgan fingerprint density at radius 1 is 1.36 bits per heavy atom. The Morgan fingerprint density at radius 3 is 2.76 bits per heavy atom. The Morgan fingerprint density at radius 2 is 2.08 bits per heavy atom. The number of carboxylic acids is 1. The zero-order valence-electron chi connectivity index (χ0n) is 14.3. The van der Waals surface area contributed by atoms with E-state index in [1.807, 2.05) is 12.1 Å². The molecule has 1 aromatic rings. The van der Waals surface area contributed by atoms with E-state index in [0.717, 1.165) is 18.4 Å². The van der Waals surface area contributed by atoms with Crippen LogP contribution in [-0.4, -0.2) is 42.3 Å². The molecular weight excluding hydrogens is 322 g/mol. The Hall–Kier alpha value is -2.18. The molecule has 25 heavy (non-hydrogen) atoms. The molecule has 1 aliphatic heterocycles. The van der Waals surface area contributed by atoms with Gasteiger partial charge >= 0.3 is 5.97 Å². The number of carbonyl (C=O) groups is 2. The zero-order chi connectivity index (χ0) is 18.1. The van der Waals surface area contributed by atoms with E-state index >= 15 is 0 Å². The molecule has 1 atom stereocenters. The number of hydrogen-bond donors (Lipinski definition) is 2. The summed E-state index contributed by atoms with van der Waals surface area (Å²) < 4.78 is 11.2. The number of nitrogens with one attached hydrogen (secondary N) is 1. The Bertz CT molecular complexity index is 595. The maximum atomic E-state index is 12.5. The van der Waals surface area contributed by atoms with E-state index in [1.54, 1.807) is 18.2 Å². The van der Waals surface area contributed by atoms with Gasteiger partial charge in [0, 0.05) is 18.8 Å². The second-order valence-electron chi connectivity index (χ2n) is 6.01. The molecule has 0 bridgehead atoms. The van der Waals surface area contributed by atoms with Gasteiger partial charge in [-0.1, -0.05) is 24.3 Å². The molecule has 1 aromatic carbocycles. The molecule has 1 fully saturated rings. The van der Waals surface area contributed by atoms with Gasteiger partial charge in [0.25, 0.3) is 5.91 Å². The Balaban J connectivity index is 2.00. The van der Waals surface area contributed by atoms with Gasteiger partial charge in [0.05, 0.1) is 12.7 Å². The third-order valence-electron chi connectivity index (χ3n) is 4.17. The molecule has 1 aliphatic rings. The first-order chi connectivity index (χ1) is 12.1. The first-order valence-corrected chi connectivity index (χ1v) is 8.53. The lowest BCUT2D eigenvalue weighted by Crippen LogP contribution is -2.41. The van der Waals surface area contributed by atoms with Crippen LogP contribution >= 0.6 is 0 Å². The van der Waals surface area contributed by atoms with E-state index < -0.39 is 17.9 Å². The Labute approximate surface area is 147 Å². The third kappa shape index (κ3) is 5.99. The van der Waals surface area contributed by atoms with Crippen LogP contribution in [0.4, 0.5) is 0 Å². The van der Waals surface area contributed by atoms with Crippen molar-refractivity contribution >= 4 is 11.9 Å². The monoisotopic (exact) mass is 347 g/mol. The summed E-state index contributed by atoms with van der Waals surface area (Å²) in [6.45, 7) is 5.28. The lowest BCUT2D eigenvalue weighted by molar-refractivity contribution is -0.139. The van der Waals surface area contributed by atoms with Crippen molar-refractivity contribution in [3.8, 4) is 0 Å². The third-order valence-corrected chi connectivity index (χ3v) is 4.17. The van der Waals surface area contributed by atoms with E-state index in [-0.39, 0.29) is 6.10 Å². The van der Waals surface area contributed by atoms with Crippen molar-refractivity contribution in [1.82, 2.24) is 5.32 Å². The number of amides is 1. The van der Waals surface area contributed by atoms with Crippen LogP contribution in [0.5, 0.6) is 0 Å². The first-order valence-electron chi connectivity index (χ1n) is 8.53. The standard InChI is InChI=1S/C19H25NO5/c1-2-3-8-17(19(22)23)20-18(21)16-7-5-4-6-14(16)13-25-15-9-11-24-12-10-15/h2,4-7,15,17H,1,3,8-13H2,(H,20,21)(H,22,23). The van der Waals surface area contributed by atoms with Gasteiger partial charge in [-0.2, -0.15) is 0 Å². The lowest BCUT2D eigenvalue weighted by atomic mass is 10.1. The lowest BCUT2D eigenvalue weighted by Gasteiger charge is -2.23. The van der Waals surface area contributed by atoms with Crippen molar-refractivity contribution in [2.45, 2.75) is 44.4 Å². The molecule has 0 aliphatic carbocycles. The highest BCUT2D eigenvalue weighted by Gasteiger charge is 2.22. The first kappa shape index (κ1) is 19.1. The number of allylic oxidation sites excluding steroid dienone is 1. The molecule has 136 valence electrons. The number of ether oxygens (including phenoxy) is 2. The predicted molar refractivity (Wildman–Crippen MR) is 93.4 cm³/mol. The molecule has 0 spiro atoms. The van der Waals surface area contributed by atoms with Crippen LogP contribution in [0.1, 0.15) is 41.6 Å². The van der Waals surface area contributed by atoms with Gasteiger partial charge in [0.15, 0.2) is 0 Å². The van der Waals surface area contributed by atoms with Gasteiger partial charge in [-0.25, -0.2) is 4.79 Å². The average Bonchev–Trinajstić information content (AvgIpc) is 2.64. The molecule has 0 saturated carbocycles. The fourth-order valence-electron chi connectivity index (χ4n) is 2.70. The highest BCUT2D eigenvalue weighted by molar-refractivity contribution is 5.97. The molecular formula is C19H25NO5. The summed E-state index contributed by atoms with van der Waals surface area (Å²) in [5.74, 6) is -1.45. The maximum Gasteiger partial charge on any atom is 0.326 e. The molecule has 0 radical (unpaired) electrons. The summed E-state index contributed by atoms with van der Waals surface area (Å²) in [5, 5.41) is 11.8. The topological polar surface area (TPSA) is 84.9 Å². The van der Waals surface area contributed by atoms with Crippen LogP contribution in [0.15, 0.2) is 36.9 Å². The average molecular weight is 347 g/mol. The summed E-state index contributed by atoms with van der Waals surface area (Å²) >= 11 is 0. The van der Waals surface area contributed by atoms with E-state index in [2.05, 4.69) is 11.9 Å². The van der Waals surface area contributed by atoms with Gasteiger partial charge in [-0.15, -0.1) is 6.58 Å². The smallest absolute Gasteiger partial charge is 0.326 e. The zero-order valence-corrected chi connectivity index (χ0v) is 14.3. The second kappa shape index (κ2) is 9.96. The number of hydrogen-bond acceptors (Lipinski definition) is 4. The minimum Gasteiger partial charge on any atom is -0.480 e. The van der Waals surface area contributed by atoms with E-state index in [1.165, 1.54) is 0 Å². The molecule has 0 aromatic heterocycles. The van der Waals surface area contributed by atoms with Gasteiger partial charge in [-0.3, -0.25) is 4.79 Å². The molecule has 1 unspecified atom stereocenters. The molecule has 6 nitrogen and oxygen atoms in total. The second-order valence-corrected chi connectivity index (χ2v) is 6.01. The number of rotatable bonds is 9. The minimum atomic E-state index is -1.05. The van der Waals surface area contributed by atoms with Crippen molar-refractivity contribution < 1.29 is 24.2 Å². The summed E-state index contributed by atoms with van der Waals surface area (Å²) in [4.78, 5) is 23.8. The number of benzene rings is 1. The quantitative estimate of drug-likeness (QED) is 0.671. The minimum absolute atomic E-state index is 0.129. The summed E-state index contributed by atoms with van der Waals surface area (Å²) in [5.41, 5.74) is 1.19. The van der Waals surface area contributed by atoms with Crippen molar-refractivity contribution in [2.24, 2.45) is 0 Å². The SMILES string of the molecule is C=CCCC(NC(=O)c1ccccc1COC1CCOCC1)C(=O)O. The number of aliphatic carboxylic acids is 1. The fourth-order valence-corrected chi connectivity index (χ4v) is 2.70. The van der Waals surface area contributed by atoms with Gasteiger partial charge < -0.3 is 19.9 Å². The van der Waals surface area contributed by atoms with Crippen LogP contribution in [0, 0.1) is 0 Å². The van der Waals surface area contributed by atoms with Gasteiger partial charge in [-0.05, 0) is 37.3 Å². The largest absolute Gasteiger partial charge is 0.480 e. The van der Waals surface area contributed by atoms with E-state index in [4.69, 9.17) is 9.47 Å². The molecule has 6 heteroatoms. The number of carboxylic acid groups (broad SMARTS) is 1. The highest BCUT2D eigenvalue weighted by atomic mass is 16.5. The van der Waals surface area contributed by atoms with Crippen LogP contribution in [-0.2, 0) is 20.9 Å². The van der Waals surface area contributed by atoms with Crippen molar-refractivity contribution in [3.05, 3.63) is 48.0 Å². The van der Waals surface area contributed by atoms with Crippen LogP contribution in [0.2, 0.25) is 0 Å². The van der Waals surface area contributed by atoms with Gasteiger partial charge in [0.1, 0.15) is 6.04 Å². The predicted octanol–water partition coefficient (Wildman–Crippen LogP) is 2.53. The summed E-state index contributed by atoms with van der Waals surface area (Å²) in [6.07, 6.45) is 4.28. The van der Waals surface area contributed by atoms with E-state index in [9.17, 15) is 14.7 Å². The van der Waals surface area contributed by atoms with Crippen LogP contribution < -0.4 is 5.32 Å². The van der Waals surface area contributed by atoms with E-state index in [0.29, 0.717) is 38.2 Å². The van der Waals surface area contributed by atoms with Crippen molar-refractivity contribution in [3.63, 3.8) is 0 Å². The van der Waals surface area contributed by atoms with Crippen molar-refractivity contribution in [1.29, 1.82) is 0 Å². The molecule has 2 N–H and O–H groups in total. The molecule has 2 rings (SSSR count). The molecule has 1 heterocycles.